The molecule has 1 heterocycles. The van der Waals surface area contributed by atoms with E-state index < -0.39 is 0 Å². The van der Waals surface area contributed by atoms with E-state index in [2.05, 4.69) is 46.2 Å². The smallest absolute Gasteiger partial charge is 0.191 e. The van der Waals surface area contributed by atoms with E-state index in [1.165, 1.54) is 32.7 Å². The minimum absolute atomic E-state index is 0. The van der Waals surface area contributed by atoms with Gasteiger partial charge in [0, 0.05) is 66.1 Å². The third-order valence-corrected chi connectivity index (χ3v) is 4.07. The number of rotatable bonds is 10. The van der Waals surface area contributed by atoms with E-state index in [-0.39, 0.29) is 24.0 Å². The topological polar surface area (TPSA) is 52.1 Å². The standard InChI is InChI=1S/C17H37N5O.HI/c1-5-21-10-12-22(13-11-21)9-8-20-17(18-4)19-7-6-14-23-15-16(2)3;/h16H,5-15H2,1-4H3,(H2,18,19,20);1H. The summed E-state index contributed by atoms with van der Waals surface area (Å²) in [5.41, 5.74) is 0. The Balaban J connectivity index is 0.00000529. The lowest BCUT2D eigenvalue weighted by molar-refractivity contribution is 0.108. The number of nitrogens with zero attached hydrogens (tertiary/aromatic N) is 3. The number of likely N-dealkylation sites (N-methyl/N-ethyl adjacent to an activating group) is 1. The Morgan fingerprint density at radius 1 is 1.08 bits per heavy atom. The molecule has 144 valence electrons. The zero-order valence-corrected chi connectivity index (χ0v) is 18.3. The van der Waals surface area contributed by atoms with Crippen LogP contribution in [0.15, 0.2) is 4.99 Å². The van der Waals surface area contributed by atoms with E-state index in [9.17, 15) is 0 Å². The number of hydrogen-bond acceptors (Lipinski definition) is 4. The monoisotopic (exact) mass is 455 g/mol. The van der Waals surface area contributed by atoms with E-state index in [1.807, 2.05) is 7.05 Å². The quantitative estimate of drug-likeness (QED) is 0.226. The van der Waals surface area contributed by atoms with Crippen LogP contribution in [0.1, 0.15) is 27.2 Å². The molecule has 0 radical (unpaired) electrons. The van der Waals surface area contributed by atoms with Crippen LogP contribution in [0.3, 0.4) is 0 Å². The van der Waals surface area contributed by atoms with E-state index >= 15 is 0 Å². The predicted molar refractivity (Wildman–Crippen MR) is 114 cm³/mol. The second-order valence-electron chi connectivity index (χ2n) is 6.52. The summed E-state index contributed by atoms with van der Waals surface area (Å²) in [5.74, 6) is 1.50. The molecule has 0 atom stereocenters. The van der Waals surface area contributed by atoms with Gasteiger partial charge in [0.15, 0.2) is 5.96 Å². The molecular formula is C17H38IN5O. The van der Waals surface area contributed by atoms with Crippen LogP contribution in [0, 0.1) is 5.92 Å². The Morgan fingerprint density at radius 2 is 1.71 bits per heavy atom. The van der Waals surface area contributed by atoms with E-state index in [0.717, 1.165) is 45.2 Å². The third kappa shape index (κ3) is 11.4. The van der Waals surface area contributed by atoms with Crippen LogP contribution < -0.4 is 10.6 Å². The van der Waals surface area contributed by atoms with Crippen LogP contribution in [0.25, 0.3) is 0 Å². The van der Waals surface area contributed by atoms with Crippen molar-refractivity contribution in [1.29, 1.82) is 0 Å². The summed E-state index contributed by atoms with van der Waals surface area (Å²) < 4.78 is 5.58. The minimum Gasteiger partial charge on any atom is -0.381 e. The van der Waals surface area contributed by atoms with Crippen molar-refractivity contribution in [2.45, 2.75) is 27.2 Å². The first kappa shape index (κ1) is 23.9. The fourth-order valence-electron chi connectivity index (χ4n) is 2.58. The van der Waals surface area contributed by atoms with Crippen molar-refractivity contribution in [2.75, 3.05) is 72.6 Å². The summed E-state index contributed by atoms with van der Waals surface area (Å²) in [6.07, 6.45) is 1.01. The van der Waals surface area contributed by atoms with E-state index in [0.29, 0.717) is 5.92 Å². The predicted octanol–water partition coefficient (Wildman–Crippen LogP) is 1.47. The molecule has 0 bridgehead atoms. The molecule has 0 aromatic carbocycles. The van der Waals surface area contributed by atoms with Gasteiger partial charge in [0.05, 0.1) is 0 Å². The van der Waals surface area contributed by atoms with Gasteiger partial charge in [-0.15, -0.1) is 24.0 Å². The van der Waals surface area contributed by atoms with Crippen LogP contribution in [0.4, 0.5) is 0 Å². The molecular weight excluding hydrogens is 417 g/mol. The molecule has 1 fully saturated rings. The Labute approximate surface area is 165 Å². The molecule has 0 aromatic heterocycles. The summed E-state index contributed by atoms with van der Waals surface area (Å²) in [4.78, 5) is 9.29. The van der Waals surface area contributed by atoms with Gasteiger partial charge in [-0.2, -0.15) is 0 Å². The van der Waals surface area contributed by atoms with Gasteiger partial charge in [0.25, 0.3) is 0 Å². The molecule has 1 aliphatic rings. The number of ether oxygens (including phenoxy) is 1. The number of guanidine groups is 1. The number of hydrogen-bond donors (Lipinski definition) is 2. The van der Waals surface area contributed by atoms with Gasteiger partial charge in [-0.3, -0.25) is 9.89 Å². The maximum atomic E-state index is 5.58. The van der Waals surface area contributed by atoms with Crippen molar-refractivity contribution < 1.29 is 4.74 Å². The fourth-order valence-corrected chi connectivity index (χ4v) is 2.58. The number of nitrogens with one attached hydrogen (secondary N) is 2. The lowest BCUT2D eigenvalue weighted by atomic mass is 10.2. The summed E-state index contributed by atoms with van der Waals surface area (Å²) in [5, 5.41) is 6.74. The van der Waals surface area contributed by atoms with Gasteiger partial charge < -0.3 is 20.3 Å². The van der Waals surface area contributed by atoms with E-state index in [1.54, 1.807) is 0 Å². The lowest BCUT2D eigenvalue weighted by Gasteiger charge is -2.34. The number of aliphatic imine (C=N–C) groups is 1. The van der Waals surface area contributed by atoms with Crippen molar-refractivity contribution >= 4 is 29.9 Å². The first-order valence-electron chi connectivity index (χ1n) is 9.12. The Bertz CT molecular complexity index is 320. The fraction of sp³-hybridized carbons (Fsp3) is 0.941. The molecule has 1 aliphatic heterocycles. The number of piperazine rings is 1. The Morgan fingerprint density at radius 3 is 2.29 bits per heavy atom. The molecule has 24 heavy (non-hydrogen) atoms. The first-order chi connectivity index (χ1) is 11.2. The van der Waals surface area contributed by atoms with Crippen LogP contribution in [-0.2, 0) is 4.74 Å². The van der Waals surface area contributed by atoms with Crippen LogP contribution in [0.2, 0.25) is 0 Å². The van der Waals surface area contributed by atoms with Gasteiger partial charge in [-0.1, -0.05) is 20.8 Å². The summed E-state index contributed by atoms with van der Waals surface area (Å²) in [7, 11) is 1.82. The second kappa shape index (κ2) is 15.2. The van der Waals surface area contributed by atoms with Crippen molar-refractivity contribution in [3.63, 3.8) is 0 Å². The van der Waals surface area contributed by atoms with Gasteiger partial charge in [-0.25, -0.2) is 0 Å². The van der Waals surface area contributed by atoms with Crippen molar-refractivity contribution in [1.82, 2.24) is 20.4 Å². The molecule has 0 unspecified atom stereocenters. The average Bonchev–Trinajstić information content (AvgIpc) is 2.56. The molecule has 2 N–H and O–H groups in total. The molecule has 6 nitrogen and oxygen atoms in total. The normalized spacial score (nSPS) is 17.0. The molecule has 0 aromatic rings. The summed E-state index contributed by atoms with van der Waals surface area (Å²) in [6.45, 7) is 17.1. The molecule has 0 saturated carbocycles. The first-order valence-corrected chi connectivity index (χ1v) is 9.12. The van der Waals surface area contributed by atoms with Gasteiger partial charge in [0.2, 0.25) is 0 Å². The van der Waals surface area contributed by atoms with Gasteiger partial charge in [-0.05, 0) is 18.9 Å². The highest BCUT2D eigenvalue weighted by atomic mass is 127. The Hall–Kier alpha value is -0.120. The van der Waals surface area contributed by atoms with Crippen LogP contribution in [0.5, 0.6) is 0 Å². The molecule has 0 aliphatic carbocycles. The molecule has 1 rings (SSSR count). The molecule has 1 saturated heterocycles. The Kier molecular flexibility index (Phi) is 15.1. The maximum Gasteiger partial charge on any atom is 0.191 e. The van der Waals surface area contributed by atoms with Crippen molar-refractivity contribution in [3.05, 3.63) is 0 Å². The SMILES string of the molecule is CCN1CCN(CCNC(=NC)NCCCOCC(C)C)CC1.I. The maximum absolute atomic E-state index is 5.58. The highest BCUT2D eigenvalue weighted by Gasteiger charge is 2.14. The van der Waals surface area contributed by atoms with Crippen LogP contribution in [-0.4, -0.2) is 88.4 Å². The summed E-state index contributed by atoms with van der Waals surface area (Å²) in [6, 6.07) is 0. The molecule has 7 heteroatoms. The van der Waals surface area contributed by atoms with Crippen molar-refractivity contribution in [3.8, 4) is 0 Å². The van der Waals surface area contributed by atoms with Gasteiger partial charge in [0.1, 0.15) is 0 Å². The molecule has 0 spiro atoms. The summed E-state index contributed by atoms with van der Waals surface area (Å²) >= 11 is 0. The zero-order valence-electron chi connectivity index (χ0n) is 16.0. The number of halogens is 1. The van der Waals surface area contributed by atoms with Crippen molar-refractivity contribution in [2.24, 2.45) is 10.9 Å². The highest BCUT2D eigenvalue weighted by Crippen LogP contribution is 1.99. The zero-order chi connectivity index (χ0) is 16.9. The highest BCUT2D eigenvalue weighted by molar-refractivity contribution is 14.0. The van der Waals surface area contributed by atoms with E-state index in [4.69, 9.17) is 4.74 Å². The van der Waals surface area contributed by atoms with Crippen LogP contribution >= 0.6 is 24.0 Å². The largest absolute Gasteiger partial charge is 0.381 e. The average molecular weight is 455 g/mol. The third-order valence-electron chi connectivity index (χ3n) is 4.07. The second-order valence-corrected chi connectivity index (χ2v) is 6.52. The van der Waals surface area contributed by atoms with Gasteiger partial charge >= 0.3 is 0 Å². The molecule has 0 amide bonds. The lowest BCUT2D eigenvalue weighted by Crippen LogP contribution is -2.49. The minimum atomic E-state index is 0.